The molecule has 0 aliphatic rings. The number of rotatable bonds is 14. The van der Waals surface area contributed by atoms with Crippen LogP contribution in [-0.2, 0) is 0 Å². The minimum Gasteiger partial charge on any atom is -0.371 e. The van der Waals surface area contributed by atoms with Gasteiger partial charge in [0.25, 0.3) is 0 Å². The van der Waals surface area contributed by atoms with Crippen LogP contribution in [0.2, 0.25) is 0 Å². The van der Waals surface area contributed by atoms with Crippen molar-refractivity contribution < 1.29 is 0 Å². The van der Waals surface area contributed by atoms with Gasteiger partial charge in [-0.3, -0.25) is 0 Å². The van der Waals surface area contributed by atoms with Gasteiger partial charge in [0.1, 0.15) is 8.64 Å². The molecule has 3 nitrogen and oxygen atoms in total. The first-order chi connectivity index (χ1) is 10.1. The van der Waals surface area contributed by atoms with E-state index in [4.69, 9.17) is 24.4 Å². The summed E-state index contributed by atoms with van der Waals surface area (Å²) in [6.07, 6.45) is 9.93. The van der Waals surface area contributed by atoms with Gasteiger partial charge in [-0.05, 0) is 38.8 Å². The Kier molecular flexibility index (Phi) is 17.2. The van der Waals surface area contributed by atoms with Crippen molar-refractivity contribution in [3.05, 3.63) is 0 Å². The van der Waals surface area contributed by atoms with Gasteiger partial charge in [-0.15, -0.1) is 25.3 Å². The van der Waals surface area contributed by atoms with Gasteiger partial charge < -0.3 is 16.0 Å². The van der Waals surface area contributed by atoms with E-state index in [0.29, 0.717) is 8.64 Å². The van der Waals surface area contributed by atoms with Crippen LogP contribution in [0.25, 0.3) is 0 Å². The van der Waals surface area contributed by atoms with E-state index in [0.717, 1.165) is 26.2 Å². The summed E-state index contributed by atoms with van der Waals surface area (Å²) in [6, 6.07) is 0. The summed E-state index contributed by atoms with van der Waals surface area (Å²) in [7, 11) is 0. The summed E-state index contributed by atoms with van der Waals surface area (Å²) < 4.78 is 1.20. The minimum atomic E-state index is 0.598. The molecule has 0 aliphatic carbocycles. The van der Waals surface area contributed by atoms with Gasteiger partial charge in [0, 0.05) is 13.1 Å². The molecule has 0 saturated carbocycles. The maximum absolute atomic E-state index is 4.83. The Morgan fingerprint density at radius 1 is 0.571 bits per heavy atom. The lowest BCUT2D eigenvalue weighted by molar-refractivity contribution is 0.554. The van der Waals surface area contributed by atoms with Crippen LogP contribution in [0.1, 0.15) is 51.4 Å². The summed E-state index contributed by atoms with van der Waals surface area (Å²) in [5.41, 5.74) is 0. The number of thiol groups is 2. The van der Waals surface area contributed by atoms with Crippen LogP contribution in [0.15, 0.2) is 0 Å². The summed E-state index contributed by atoms with van der Waals surface area (Å²) in [5.74, 6) is 0. The fourth-order valence-corrected chi connectivity index (χ4v) is 2.40. The molecule has 0 aliphatic heterocycles. The maximum atomic E-state index is 4.83. The molecule has 0 radical (unpaired) electrons. The number of unbranched alkanes of at least 4 members (excludes halogenated alkanes) is 6. The van der Waals surface area contributed by atoms with Crippen molar-refractivity contribution in [3.63, 3.8) is 0 Å². The predicted molar refractivity (Wildman–Crippen MR) is 109 cm³/mol. The van der Waals surface area contributed by atoms with Crippen LogP contribution < -0.4 is 16.0 Å². The van der Waals surface area contributed by atoms with E-state index in [2.05, 4.69) is 41.2 Å². The van der Waals surface area contributed by atoms with Crippen molar-refractivity contribution in [2.24, 2.45) is 0 Å². The molecular formula is C14H29N3S4. The number of nitrogens with one attached hydrogen (secondary N) is 3. The SMILES string of the molecule is S=C(S)NCCCCCCNCCCCCCNC(=S)S. The minimum absolute atomic E-state index is 0.598. The number of hydrogen-bond acceptors (Lipinski definition) is 3. The van der Waals surface area contributed by atoms with E-state index in [-0.39, 0.29) is 0 Å². The highest BCUT2D eigenvalue weighted by Gasteiger charge is 1.93. The van der Waals surface area contributed by atoms with Crippen LogP contribution in [0.5, 0.6) is 0 Å². The van der Waals surface area contributed by atoms with E-state index >= 15 is 0 Å². The second-order valence-electron chi connectivity index (χ2n) is 5.04. The quantitative estimate of drug-likeness (QED) is 0.185. The Bertz CT molecular complexity index is 249. The molecule has 0 bridgehead atoms. The first-order valence-corrected chi connectivity index (χ1v) is 9.48. The first-order valence-electron chi connectivity index (χ1n) is 7.77. The molecule has 124 valence electrons. The van der Waals surface area contributed by atoms with Gasteiger partial charge in [-0.1, -0.05) is 50.1 Å². The first kappa shape index (κ1) is 21.4. The zero-order chi connectivity index (χ0) is 15.8. The highest BCUT2D eigenvalue weighted by molar-refractivity contribution is 8.11. The maximum Gasteiger partial charge on any atom is 0.130 e. The van der Waals surface area contributed by atoms with Gasteiger partial charge in [0.2, 0.25) is 0 Å². The van der Waals surface area contributed by atoms with Gasteiger partial charge in [0.05, 0.1) is 0 Å². The third-order valence-corrected chi connectivity index (χ3v) is 3.72. The molecule has 0 aromatic carbocycles. The van der Waals surface area contributed by atoms with Crippen molar-refractivity contribution in [2.45, 2.75) is 51.4 Å². The Morgan fingerprint density at radius 3 is 1.24 bits per heavy atom. The molecule has 3 N–H and O–H groups in total. The van der Waals surface area contributed by atoms with Crippen molar-refractivity contribution in [1.82, 2.24) is 16.0 Å². The molecule has 7 heteroatoms. The fourth-order valence-electron chi connectivity index (χ4n) is 1.97. The van der Waals surface area contributed by atoms with Crippen LogP contribution >= 0.6 is 49.7 Å². The summed E-state index contributed by atoms with van der Waals surface area (Å²) in [5, 5.41) is 9.62. The molecule has 0 atom stereocenters. The third kappa shape index (κ3) is 20.4. The van der Waals surface area contributed by atoms with Crippen molar-refractivity contribution in [3.8, 4) is 0 Å². The van der Waals surface area contributed by atoms with Crippen LogP contribution in [0.3, 0.4) is 0 Å². The van der Waals surface area contributed by atoms with Crippen LogP contribution in [-0.4, -0.2) is 34.8 Å². The molecule has 0 fully saturated rings. The Balaban J connectivity index is 2.99. The topological polar surface area (TPSA) is 36.1 Å². The summed E-state index contributed by atoms with van der Waals surface area (Å²) in [6.45, 7) is 4.16. The molecule has 0 spiro atoms. The zero-order valence-corrected chi connectivity index (χ0v) is 16.1. The van der Waals surface area contributed by atoms with Crippen molar-refractivity contribution in [2.75, 3.05) is 26.2 Å². The summed E-state index contributed by atoms with van der Waals surface area (Å²) in [4.78, 5) is 0. The molecule has 0 aromatic heterocycles. The highest BCUT2D eigenvalue weighted by Crippen LogP contribution is 2.00. The summed E-state index contributed by atoms with van der Waals surface area (Å²) >= 11 is 17.7. The zero-order valence-electron chi connectivity index (χ0n) is 12.7. The number of thiocarbonyl (C=S) groups is 2. The normalized spacial score (nSPS) is 10.4. The molecule has 0 saturated heterocycles. The van der Waals surface area contributed by atoms with Gasteiger partial charge >= 0.3 is 0 Å². The molecular weight excluding hydrogens is 338 g/mol. The van der Waals surface area contributed by atoms with Gasteiger partial charge in [-0.25, -0.2) is 0 Å². The third-order valence-electron chi connectivity index (χ3n) is 3.11. The molecule has 0 heterocycles. The van der Waals surface area contributed by atoms with E-state index < -0.39 is 0 Å². The lowest BCUT2D eigenvalue weighted by atomic mass is 10.2. The predicted octanol–water partition coefficient (Wildman–Crippen LogP) is 3.31. The van der Waals surface area contributed by atoms with Crippen molar-refractivity contribution in [1.29, 1.82) is 0 Å². The monoisotopic (exact) mass is 367 g/mol. The van der Waals surface area contributed by atoms with E-state index in [9.17, 15) is 0 Å². The van der Waals surface area contributed by atoms with Gasteiger partial charge in [0.15, 0.2) is 0 Å². The van der Waals surface area contributed by atoms with Crippen molar-refractivity contribution >= 4 is 58.3 Å². The fraction of sp³-hybridized carbons (Fsp3) is 0.857. The molecule has 0 aromatic rings. The standard InChI is InChI=1S/C14H29N3S4/c18-13(19)16-11-7-3-1-5-9-15-10-6-2-4-8-12-17-14(20)21/h15H,1-12H2,(H2,16,18,19)(H2,17,20,21). The smallest absolute Gasteiger partial charge is 0.130 e. The molecule has 0 rings (SSSR count). The Labute approximate surface area is 151 Å². The molecule has 21 heavy (non-hydrogen) atoms. The molecule has 0 amide bonds. The largest absolute Gasteiger partial charge is 0.371 e. The van der Waals surface area contributed by atoms with E-state index in [1.807, 2.05) is 0 Å². The van der Waals surface area contributed by atoms with Crippen LogP contribution in [0.4, 0.5) is 0 Å². The van der Waals surface area contributed by atoms with E-state index in [1.54, 1.807) is 0 Å². The lowest BCUT2D eigenvalue weighted by Crippen LogP contribution is -2.18. The lowest BCUT2D eigenvalue weighted by Gasteiger charge is -2.06. The van der Waals surface area contributed by atoms with Crippen LogP contribution in [0, 0.1) is 0 Å². The second kappa shape index (κ2) is 16.8. The Hall–Kier alpha value is 0.440. The average Bonchev–Trinajstić information content (AvgIpc) is 2.42. The highest BCUT2D eigenvalue weighted by atomic mass is 32.1. The Morgan fingerprint density at radius 2 is 0.905 bits per heavy atom. The molecule has 0 unspecified atom stereocenters. The van der Waals surface area contributed by atoms with Gasteiger partial charge in [-0.2, -0.15) is 0 Å². The average molecular weight is 368 g/mol. The number of hydrogen-bond donors (Lipinski definition) is 5. The van der Waals surface area contributed by atoms with E-state index in [1.165, 1.54) is 51.4 Å². The second-order valence-corrected chi connectivity index (χ2v) is 7.36.